The van der Waals surface area contributed by atoms with Crippen LogP contribution in [0.5, 0.6) is 0 Å². The molecule has 0 N–H and O–H groups in total. The zero-order valence-electron chi connectivity index (χ0n) is 7.95. The first-order valence-electron chi connectivity index (χ1n) is 4.79. The van der Waals surface area contributed by atoms with Crippen LogP contribution in [-0.2, 0) is 14.6 Å². The van der Waals surface area contributed by atoms with E-state index in [-0.39, 0.29) is 16.8 Å². The van der Waals surface area contributed by atoms with Crippen molar-refractivity contribution in [2.75, 3.05) is 5.75 Å². The Morgan fingerprint density at radius 3 is 2.31 bits per heavy atom. The average molecular weight is 204 g/mol. The van der Waals surface area contributed by atoms with Crippen molar-refractivity contribution in [3.8, 4) is 0 Å². The molecule has 0 aromatic heterocycles. The van der Waals surface area contributed by atoms with E-state index in [9.17, 15) is 13.2 Å². The monoisotopic (exact) mass is 204 g/mol. The lowest BCUT2D eigenvalue weighted by Gasteiger charge is -2.20. The molecule has 0 atom stereocenters. The highest BCUT2D eigenvalue weighted by Crippen LogP contribution is 2.22. The minimum atomic E-state index is -2.91. The van der Waals surface area contributed by atoms with Crippen LogP contribution in [0.25, 0.3) is 0 Å². The molecule has 0 saturated heterocycles. The van der Waals surface area contributed by atoms with Gasteiger partial charge in [0.2, 0.25) is 0 Å². The van der Waals surface area contributed by atoms with E-state index in [1.54, 1.807) is 0 Å². The van der Waals surface area contributed by atoms with E-state index in [0.717, 1.165) is 0 Å². The van der Waals surface area contributed by atoms with Gasteiger partial charge in [-0.3, -0.25) is 4.79 Å². The van der Waals surface area contributed by atoms with Crippen molar-refractivity contribution in [1.29, 1.82) is 0 Å². The summed E-state index contributed by atoms with van der Waals surface area (Å²) in [5.74, 6) is 0.481. The highest BCUT2D eigenvalue weighted by Gasteiger charge is 2.28. The number of hydrogen-bond donors (Lipinski definition) is 0. The molecular formula is C9H16O3S. The molecule has 0 aliphatic heterocycles. The third-order valence-electron chi connectivity index (χ3n) is 2.49. The molecule has 1 aliphatic rings. The van der Waals surface area contributed by atoms with Crippen LogP contribution >= 0.6 is 0 Å². The molecule has 0 aromatic carbocycles. The quantitative estimate of drug-likeness (QED) is 0.696. The number of carbonyl (C=O) groups excluding carboxylic acids is 1. The summed E-state index contributed by atoms with van der Waals surface area (Å²) >= 11 is 0. The summed E-state index contributed by atoms with van der Waals surface area (Å²) in [5.41, 5.74) is 0. The van der Waals surface area contributed by atoms with Gasteiger partial charge in [-0.1, -0.05) is 6.92 Å². The van der Waals surface area contributed by atoms with Crippen LogP contribution in [0, 0.1) is 0 Å². The standard InChI is InChI=1S/C9H16O3S/c1-2-7-13(11,12)9-5-3-8(10)4-6-9/h9H,2-7H2,1H3. The van der Waals surface area contributed by atoms with Gasteiger partial charge in [0.25, 0.3) is 0 Å². The Morgan fingerprint density at radius 2 is 1.85 bits per heavy atom. The number of hydrogen-bond acceptors (Lipinski definition) is 3. The van der Waals surface area contributed by atoms with Crippen molar-refractivity contribution in [1.82, 2.24) is 0 Å². The average Bonchev–Trinajstić information content (AvgIpc) is 2.05. The van der Waals surface area contributed by atoms with Gasteiger partial charge >= 0.3 is 0 Å². The second-order valence-electron chi connectivity index (χ2n) is 3.61. The molecule has 1 saturated carbocycles. The first-order valence-corrected chi connectivity index (χ1v) is 6.51. The fourth-order valence-electron chi connectivity index (χ4n) is 1.72. The van der Waals surface area contributed by atoms with Crippen LogP contribution in [0.15, 0.2) is 0 Å². The largest absolute Gasteiger partial charge is 0.300 e. The molecule has 1 fully saturated rings. The van der Waals surface area contributed by atoms with Crippen LogP contribution in [-0.4, -0.2) is 25.2 Å². The highest BCUT2D eigenvalue weighted by atomic mass is 32.2. The Hall–Kier alpha value is -0.380. The predicted octanol–water partition coefficient (Wildman–Crippen LogP) is 1.32. The van der Waals surface area contributed by atoms with Crippen molar-refractivity contribution in [2.45, 2.75) is 44.3 Å². The lowest BCUT2D eigenvalue weighted by atomic mass is 9.99. The van der Waals surface area contributed by atoms with Gasteiger partial charge in [0.05, 0.1) is 11.0 Å². The molecule has 0 heterocycles. The Kier molecular flexibility index (Phi) is 3.47. The van der Waals surface area contributed by atoms with Crippen LogP contribution < -0.4 is 0 Å². The van der Waals surface area contributed by atoms with Crippen molar-refractivity contribution >= 4 is 15.6 Å². The van der Waals surface area contributed by atoms with E-state index in [4.69, 9.17) is 0 Å². The summed E-state index contributed by atoms with van der Waals surface area (Å²) in [6.45, 7) is 1.87. The first kappa shape index (κ1) is 10.7. The zero-order chi connectivity index (χ0) is 9.90. The molecule has 1 rings (SSSR count). The van der Waals surface area contributed by atoms with Crippen LogP contribution in [0.2, 0.25) is 0 Å². The van der Waals surface area contributed by atoms with Crippen molar-refractivity contribution in [2.24, 2.45) is 0 Å². The van der Waals surface area contributed by atoms with Crippen molar-refractivity contribution < 1.29 is 13.2 Å². The number of Topliss-reactive ketones (excluding diaryl/α,β-unsaturated/α-hetero) is 1. The van der Waals surface area contributed by atoms with Gasteiger partial charge < -0.3 is 0 Å². The van der Waals surface area contributed by atoms with Crippen LogP contribution in [0.3, 0.4) is 0 Å². The van der Waals surface area contributed by atoms with E-state index in [2.05, 4.69) is 0 Å². The molecule has 76 valence electrons. The summed E-state index contributed by atoms with van der Waals surface area (Å²) in [6, 6.07) is 0. The Morgan fingerprint density at radius 1 is 1.31 bits per heavy atom. The normalized spacial score (nSPS) is 20.5. The third-order valence-corrected chi connectivity index (χ3v) is 4.95. The third kappa shape index (κ3) is 2.79. The SMILES string of the molecule is CCCS(=O)(=O)C1CCC(=O)CC1. The minimum Gasteiger partial charge on any atom is -0.300 e. The lowest BCUT2D eigenvalue weighted by molar-refractivity contribution is -0.120. The van der Waals surface area contributed by atoms with Gasteiger partial charge in [0.15, 0.2) is 9.84 Å². The van der Waals surface area contributed by atoms with Gasteiger partial charge in [-0.05, 0) is 19.3 Å². The molecule has 0 aromatic rings. The second kappa shape index (κ2) is 4.22. The molecule has 0 unspecified atom stereocenters. The van der Waals surface area contributed by atoms with Gasteiger partial charge in [-0.25, -0.2) is 8.42 Å². The van der Waals surface area contributed by atoms with Crippen molar-refractivity contribution in [3.63, 3.8) is 0 Å². The maximum atomic E-state index is 11.6. The second-order valence-corrected chi connectivity index (χ2v) is 6.01. The van der Waals surface area contributed by atoms with Gasteiger partial charge in [-0.15, -0.1) is 0 Å². The number of sulfone groups is 1. The molecule has 1 aliphatic carbocycles. The Balaban J connectivity index is 2.58. The molecule has 3 nitrogen and oxygen atoms in total. The fourth-order valence-corrected chi connectivity index (χ4v) is 3.58. The molecular weight excluding hydrogens is 188 g/mol. The smallest absolute Gasteiger partial charge is 0.153 e. The topological polar surface area (TPSA) is 51.2 Å². The molecule has 13 heavy (non-hydrogen) atoms. The van der Waals surface area contributed by atoms with E-state index < -0.39 is 9.84 Å². The lowest BCUT2D eigenvalue weighted by Crippen LogP contribution is -2.28. The first-order chi connectivity index (χ1) is 6.06. The molecule has 0 spiro atoms. The number of carbonyl (C=O) groups is 1. The summed E-state index contributed by atoms with van der Waals surface area (Å²) < 4.78 is 23.2. The fraction of sp³-hybridized carbons (Fsp3) is 0.889. The number of ketones is 1. The van der Waals surface area contributed by atoms with Crippen LogP contribution in [0.4, 0.5) is 0 Å². The summed E-state index contributed by atoms with van der Waals surface area (Å²) in [6.07, 6.45) is 2.66. The van der Waals surface area contributed by atoms with E-state index in [0.29, 0.717) is 32.1 Å². The molecule has 0 bridgehead atoms. The van der Waals surface area contributed by atoms with E-state index in [1.165, 1.54) is 0 Å². The molecule has 4 heteroatoms. The highest BCUT2D eigenvalue weighted by molar-refractivity contribution is 7.92. The molecule has 0 radical (unpaired) electrons. The Labute approximate surface area is 79.4 Å². The predicted molar refractivity (Wildman–Crippen MR) is 51.3 cm³/mol. The summed E-state index contributed by atoms with van der Waals surface area (Å²) in [7, 11) is -2.91. The van der Waals surface area contributed by atoms with Crippen LogP contribution in [0.1, 0.15) is 39.0 Å². The van der Waals surface area contributed by atoms with E-state index >= 15 is 0 Å². The maximum Gasteiger partial charge on any atom is 0.153 e. The Bertz CT molecular complexity index is 269. The summed E-state index contributed by atoms with van der Waals surface area (Å²) in [5, 5.41) is -0.245. The van der Waals surface area contributed by atoms with Gasteiger partial charge in [0, 0.05) is 12.8 Å². The zero-order valence-corrected chi connectivity index (χ0v) is 8.77. The van der Waals surface area contributed by atoms with E-state index in [1.807, 2.05) is 6.92 Å². The molecule has 0 amide bonds. The minimum absolute atomic E-state index is 0.211. The van der Waals surface area contributed by atoms with Crippen molar-refractivity contribution in [3.05, 3.63) is 0 Å². The summed E-state index contributed by atoms with van der Waals surface area (Å²) in [4.78, 5) is 10.9. The number of rotatable bonds is 3. The maximum absolute atomic E-state index is 11.6. The van der Waals surface area contributed by atoms with Gasteiger partial charge in [-0.2, -0.15) is 0 Å². The van der Waals surface area contributed by atoms with Gasteiger partial charge in [0.1, 0.15) is 5.78 Å².